The van der Waals surface area contributed by atoms with Crippen LogP contribution in [0.5, 0.6) is 0 Å². The molecular formula is C16H28N3O8P. The first kappa shape index (κ1) is 22.8. The third kappa shape index (κ3) is 5.74. The van der Waals surface area contributed by atoms with Crippen LogP contribution < -0.4 is 15.7 Å². The van der Waals surface area contributed by atoms with E-state index in [1.54, 1.807) is 13.8 Å². The lowest BCUT2D eigenvalue weighted by Crippen LogP contribution is -2.51. The van der Waals surface area contributed by atoms with Crippen molar-refractivity contribution in [3.8, 4) is 0 Å². The summed E-state index contributed by atoms with van der Waals surface area (Å²) in [5, 5.41) is 8.35. The van der Waals surface area contributed by atoms with E-state index in [0.717, 1.165) is 0 Å². The van der Waals surface area contributed by atoms with Gasteiger partial charge in [-0.05, 0) is 6.42 Å². The largest absolute Gasteiger partial charge is 0.469 e. The van der Waals surface area contributed by atoms with Gasteiger partial charge in [-0.2, -0.15) is 0 Å². The Morgan fingerprint density at radius 3 is 2.61 bits per heavy atom. The van der Waals surface area contributed by atoms with Gasteiger partial charge in [0.2, 0.25) is 5.91 Å². The third-order valence-corrected chi connectivity index (χ3v) is 6.25. The van der Waals surface area contributed by atoms with Crippen molar-refractivity contribution >= 4 is 25.6 Å². The van der Waals surface area contributed by atoms with Gasteiger partial charge in [-0.1, -0.05) is 13.8 Å². The SMILES string of the molecule is COC(=O)CCNC(=O)[C@@H]1OP(=O)(N[C@H]2CN[C@@H](C(=O)OC)C2)OCC1(C)C. The minimum Gasteiger partial charge on any atom is -0.469 e. The van der Waals surface area contributed by atoms with Gasteiger partial charge in [0.1, 0.15) is 6.04 Å². The lowest BCUT2D eigenvalue weighted by Gasteiger charge is -2.40. The van der Waals surface area contributed by atoms with Crippen LogP contribution in [0.4, 0.5) is 0 Å². The highest BCUT2D eigenvalue weighted by Gasteiger charge is 2.49. The predicted molar refractivity (Wildman–Crippen MR) is 97.2 cm³/mol. The summed E-state index contributed by atoms with van der Waals surface area (Å²) in [4.78, 5) is 35.3. The summed E-state index contributed by atoms with van der Waals surface area (Å²) < 4.78 is 33.2. The Balaban J connectivity index is 1.96. The van der Waals surface area contributed by atoms with E-state index in [-0.39, 0.29) is 25.6 Å². The molecule has 0 aromatic carbocycles. The second-order valence-electron chi connectivity index (χ2n) is 7.41. The third-order valence-electron chi connectivity index (χ3n) is 4.61. The molecule has 4 atom stereocenters. The quantitative estimate of drug-likeness (QED) is 0.371. The average molecular weight is 421 g/mol. The van der Waals surface area contributed by atoms with Crippen molar-refractivity contribution in [2.24, 2.45) is 5.41 Å². The van der Waals surface area contributed by atoms with Gasteiger partial charge < -0.3 is 20.1 Å². The Hall–Kier alpha value is -1.52. The zero-order chi connectivity index (χ0) is 20.9. The van der Waals surface area contributed by atoms with Crippen molar-refractivity contribution in [1.82, 2.24) is 15.7 Å². The highest BCUT2D eigenvalue weighted by Crippen LogP contribution is 2.53. The molecule has 3 N–H and O–H groups in total. The minimum absolute atomic E-state index is 0.0183. The molecule has 2 aliphatic rings. The van der Waals surface area contributed by atoms with Crippen LogP contribution >= 0.6 is 7.75 Å². The number of ether oxygens (including phenoxy) is 2. The van der Waals surface area contributed by atoms with Crippen molar-refractivity contribution in [2.75, 3.05) is 33.9 Å². The zero-order valence-electron chi connectivity index (χ0n) is 16.5. The number of hydrogen-bond acceptors (Lipinski definition) is 9. The Kier molecular flexibility index (Phi) is 7.58. The number of methoxy groups -OCH3 is 2. The van der Waals surface area contributed by atoms with Crippen LogP contribution in [-0.2, 0) is 37.5 Å². The summed E-state index contributed by atoms with van der Waals surface area (Å²) >= 11 is 0. The minimum atomic E-state index is -3.77. The Labute approximate surface area is 163 Å². The second kappa shape index (κ2) is 9.32. The maximum atomic E-state index is 13.0. The topological polar surface area (TPSA) is 141 Å². The number of amides is 1. The molecule has 0 aromatic heterocycles. The number of hydrogen-bond donors (Lipinski definition) is 3. The van der Waals surface area contributed by atoms with Gasteiger partial charge >= 0.3 is 19.7 Å². The molecule has 1 unspecified atom stereocenters. The van der Waals surface area contributed by atoms with Crippen LogP contribution in [0.15, 0.2) is 0 Å². The van der Waals surface area contributed by atoms with Crippen molar-refractivity contribution in [3.05, 3.63) is 0 Å². The standard InChI is InChI=1S/C16H28N3O8P/c1-16(2)9-26-28(23,19-10-7-11(18-8-10)15(22)25-4)27-13(16)14(21)17-6-5-12(20)24-3/h10-11,13,18H,5-9H2,1-4H3,(H,17,21)(H,19,23)/t10-,11-,13+,28?/m1/s1. The molecule has 0 aliphatic carbocycles. The Morgan fingerprint density at radius 2 is 1.96 bits per heavy atom. The molecule has 12 heteroatoms. The van der Waals surface area contributed by atoms with Crippen LogP contribution in [-0.4, -0.2) is 69.9 Å². The second-order valence-corrected chi connectivity index (χ2v) is 9.13. The average Bonchev–Trinajstić information content (AvgIpc) is 3.11. The van der Waals surface area contributed by atoms with E-state index in [0.29, 0.717) is 13.0 Å². The summed E-state index contributed by atoms with van der Waals surface area (Å²) in [7, 11) is -1.21. The molecule has 160 valence electrons. The summed E-state index contributed by atoms with van der Waals surface area (Å²) in [5.41, 5.74) is -0.729. The van der Waals surface area contributed by atoms with Gasteiger partial charge in [-0.3, -0.25) is 23.4 Å². The molecule has 0 spiro atoms. The predicted octanol–water partition coefficient (Wildman–Crippen LogP) is -0.291. The van der Waals surface area contributed by atoms with Crippen molar-refractivity contribution in [3.63, 3.8) is 0 Å². The maximum absolute atomic E-state index is 13.0. The van der Waals surface area contributed by atoms with E-state index in [9.17, 15) is 18.9 Å². The molecule has 2 rings (SSSR count). The first-order valence-corrected chi connectivity index (χ1v) is 10.5. The van der Waals surface area contributed by atoms with Crippen molar-refractivity contribution in [1.29, 1.82) is 0 Å². The molecule has 0 saturated carbocycles. The van der Waals surface area contributed by atoms with E-state index < -0.39 is 43.2 Å². The van der Waals surface area contributed by atoms with Gasteiger partial charge in [0.25, 0.3) is 0 Å². The normalized spacial score (nSPS) is 31.8. The lowest BCUT2D eigenvalue weighted by atomic mass is 9.87. The van der Waals surface area contributed by atoms with Crippen LogP contribution in [0.2, 0.25) is 0 Å². The fourth-order valence-corrected chi connectivity index (χ4v) is 4.97. The van der Waals surface area contributed by atoms with E-state index in [1.807, 2.05) is 0 Å². The monoisotopic (exact) mass is 421 g/mol. The fourth-order valence-electron chi connectivity index (χ4n) is 2.97. The first-order chi connectivity index (χ1) is 13.1. The van der Waals surface area contributed by atoms with Crippen LogP contribution in [0.1, 0.15) is 26.7 Å². The van der Waals surface area contributed by atoms with Gasteiger partial charge in [0, 0.05) is 24.5 Å². The highest BCUT2D eigenvalue weighted by molar-refractivity contribution is 7.51. The number of carbonyl (C=O) groups is 3. The van der Waals surface area contributed by atoms with Gasteiger partial charge in [0.15, 0.2) is 6.10 Å². The smallest absolute Gasteiger partial charge is 0.406 e. The van der Waals surface area contributed by atoms with E-state index >= 15 is 0 Å². The maximum Gasteiger partial charge on any atom is 0.406 e. The molecule has 2 heterocycles. The summed E-state index contributed by atoms with van der Waals surface area (Å²) in [6.45, 7) is 3.99. The van der Waals surface area contributed by atoms with Crippen LogP contribution in [0, 0.1) is 5.41 Å². The lowest BCUT2D eigenvalue weighted by molar-refractivity contribution is -0.143. The van der Waals surface area contributed by atoms with E-state index in [1.165, 1.54) is 14.2 Å². The van der Waals surface area contributed by atoms with Crippen molar-refractivity contribution < 1.29 is 37.5 Å². The molecular weight excluding hydrogens is 393 g/mol. The van der Waals surface area contributed by atoms with E-state index in [4.69, 9.17) is 9.05 Å². The van der Waals surface area contributed by atoms with Gasteiger partial charge in [0.05, 0.1) is 27.2 Å². The molecule has 11 nitrogen and oxygen atoms in total. The molecule has 0 bridgehead atoms. The number of carbonyl (C=O) groups excluding carboxylic acids is 3. The molecule has 2 aliphatic heterocycles. The number of rotatable bonds is 7. The molecule has 2 fully saturated rings. The fraction of sp³-hybridized carbons (Fsp3) is 0.812. The molecule has 0 aromatic rings. The number of nitrogens with one attached hydrogen (secondary N) is 3. The number of esters is 2. The van der Waals surface area contributed by atoms with Crippen LogP contribution in [0.3, 0.4) is 0 Å². The first-order valence-electron chi connectivity index (χ1n) is 8.97. The van der Waals surface area contributed by atoms with E-state index in [2.05, 4.69) is 25.2 Å². The van der Waals surface area contributed by atoms with Crippen molar-refractivity contribution in [2.45, 2.75) is 44.9 Å². The molecule has 1 amide bonds. The molecule has 0 radical (unpaired) electrons. The highest BCUT2D eigenvalue weighted by atomic mass is 31.2. The van der Waals surface area contributed by atoms with Gasteiger partial charge in [-0.25, -0.2) is 9.65 Å². The summed E-state index contributed by atoms with van der Waals surface area (Å²) in [5.74, 6) is -1.35. The summed E-state index contributed by atoms with van der Waals surface area (Å²) in [6.07, 6.45) is -0.671. The van der Waals surface area contributed by atoms with Gasteiger partial charge in [-0.15, -0.1) is 0 Å². The summed E-state index contributed by atoms with van der Waals surface area (Å²) in [6, 6.07) is -0.855. The zero-order valence-corrected chi connectivity index (χ0v) is 17.4. The molecule has 28 heavy (non-hydrogen) atoms. The van der Waals surface area contributed by atoms with Crippen LogP contribution in [0.25, 0.3) is 0 Å². The molecule has 2 saturated heterocycles. The Bertz CT molecular complexity index is 656. The Morgan fingerprint density at radius 1 is 1.25 bits per heavy atom.